The minimum absolute atomic E-state index is 0.414. The molecule has 2 saturated heterocycles. The van der Waals surface area contributed by atoms with Crippen molar-refractivity contribution in [2.24, 2.45) is 0 Å². The number of likely N-dealkylation sites (tertiary alicyclic amines) is 1. The van der Waals surface area contributed by atoms with Crippen LogP contribution in [0.15, 0.2) is 18.2 Å². The maximum absolute atomic E-state index is 14.1. The van der Waals surface area contributed by atoms with Crippen molar-refractivity contribution in [2.75, 3.05) is 13.1 Å². The van der Waals surface area contributed by atoms with Gasteiger partial charge in [-0.1, -0.05) is 12.1 Å². The second kappa shape index (κ2) is 5.46. The second-order valence-electron chi connectivity index (χ2n) is 5.67. The Morgan fingerprint density at radius 3 is 2.95 bits per heavy atom. The number of nitrogens with one attached hydrogen (secondary N) is 1. The predicted molar refractivity (Wildman–Crippen MR) is 72.9 cm³/mol. The molecule has 0 amide bonds. The zero-order valence-electron chi connectivity index (χ0n) is 11.2. The smallest absolute Gasteiger partial charge is 0.305 e. The van der Waals surface area contributed by atoms with E-state index in [9.17, 15) is 14.5 Å². The lowest BCUT2D eigenvalue weighted by molar-refractivity contribution is -0.387. The van der Waals surface area contributed by atoms with Crippen molar-refractivity contribution >= 4 is 5.69 Å². The normalized spacial score (nSPS) is 26.4. The van der Waals surface area contributed by atoms with E-state index in [4.69, 9.17) is 0 Å². The average Bonchev–Trinajstić information content (AvgIpc) is 2.74. The number of rotatable bonds is 3. The van der Waals surface area contributed by atoms with Gasteiger partial charge in [-0.05, 0) is 19.3 Å². The van der Waals surface area contributed by atoms with E-state index >= 15 is 0 Å². The highest BCUT2D eigenvalue weighted by molar-refractivity contribution is 5.36. The van der Waals surface area contributed by atoms with Crippen LogP contribution in [0.3, 0.4) is 0 Å². The Morgan fingerprint density at radius 2 is 2.15 bits per heavy atom. The van der Waals surface area contributed by atoms with E-state index in [1.54, 1.807) is 12.1 Å². The van der Waals surface area contributed by atoms with Gasteiger partial charge in [0.15, 0.2) is 0 Å². The van der Waals surface area contributed by atoms with Crippen LogP contribution in [0.1, 0.15) is 24.8 Å². The van der Waals surface area contributed by atoms with Crippen molar-refractivity contribution in [1.82, 2.24) is 10.2 Å². The summed E-state index contributed by atoms with van der Waals surface area (Å²) < 4.78 is 14.1. The number of hydrogen-bond donors (Lipinski definition) is 1. The van der Waals surface area contributed by atoms with Gasteiger partial charge in [0.05, 0.1) is 4.92 Å². The number of nitro benzene ring substituents is 1. The van der Waals surface area contributed by atoms with Crippen LogP contribution >= 0.6 is 0 Å². The summed E-state index contributed by atoms with van der Waals surface area (Å²) in [5.74, 6) is -0.695. The molecule has 5 nitrogen and oxygen atoms in total. The molecule has 2 bridgehead atoms. The van der Waals surface area contributed by atoms with Crippen LogP contribution in [-0.4, -0.2) is 35.0 Å². The Kier molecular flexibility index (Phi) is 3.67. The third-order valence-electron chi connectivity index (χ3n) is 4.26. The molecule has 1 aromatic carbocycles. The Morgan fingerprint density at radius 1 is 1.35 bits per heavy atom. The first kappa shape index (κ1) is 13.5. The number of hydrogen-bond acceptors (Lipinski definition) is 4. The molecule has 1 N–H and O–H groups in total. The van der Waals surface area contributed by atoms with Crippen molar-refractivity contribution in [2.45, 2.75) is 37.9 Å². The van der Waals surface area contributed by atoms with Crippen molar-refractivity contribution in [1.29, 1.82) is 0 Å². The highest BCUT2D eigenvalue weighted by Gasteiger charge is 2.29. The molecule has 2 unspecified atom stereocenters. The van der Waals surface area contributed by atoms with Crippen LogP contribution in [0.4, 0.5) is 10.1 Å². The topological polar surface area (TPSA) is 58.4 Å². The molecule has 20 heavy (non-hydrogen) atoms. The monoisotopic (exact) mass is 279 g/mol. The molecule has 6 heteroatoms. The molecule has 2 aliphatic heterocycles. The van der Waals surface area contributed by atoms with Crippen LogP contribution in [0.5, 0.6) is 0 Å². The van der Waals surface area contributed by atoms with Crippen LogP contribution in [0, 0.1) is 15.9 Å². The maximum Gasteiger partial charge on any atom is 0.305 e. The molecule has 0 saturated carbocycles. The Labute approximate surface area is 116 Å². The summed E-state index contributed by atoms with van der Waals surface area (Å²) in [7, 11) is 0. The molecule has 1 aromatic rings. The number of halogens is 1. The van der Waals surface area contributed by atoms with Crippen molar-refractivity contribution in [3.8, 4) is 0 Å². The summed E-state index contributed by atoms with van der Waals surface area (Å²) in [6, 6.07) is 5.46. The Hall–Kier alpha value is -1.53. The Bertz CT molecular complexity index is 523. The minimum Gasteiger partial charge on any atom is -0.310 e. The van der Waals surface area contributed by atoms with Gasteiger partial charge in [0.25, 0.3) is 0 Å². The van der Waals surface area contributed by atoms with Crippen molar-refractivity contribution < 1.29 is 9.31 Å². The number of benzene rings is 1. The lowest BCUT2D eigenvalue weighted by atomic mass is 10.1. The fraction of sp³-hybridized carbons (Fsp3) is 0.571. The van der Waals surface area contributed by atoms with E-state index in [2.05, 4.69) is 10.2 Å². The van der Waals surface area contributed by atoms with Gasteiger partial charge in [-0.25, -0.2) is 0 Å². The summed E-state index contributed by atoms with van der Waals surface area (Å²) in [5, 5.41) is 14.3. The lowest BCUT2D eigenvalue weighted by Gasteiger charge is -2.24. The van der Waals surface area contributed by atoms with Gasteiger partial charge in [-0.3, -0.25) is 15.0 Å². The Balaban J connectivity index is 1.74. The summed E-state index contributed by atoms with van der Waals surface area (Å²) in [4.78, 5) is 12.3. The fourth-order valence-corrected chi connectivity index (χ4v) is 3.23. The van der Waals surface area contributed by atoms with Gasteiger partial charge in [-0.2, -0.15) is 4.39 Å². The molecule has 2 fully saturated rings. The fourth-order valence-electron chi connectivity index (χ4n) is 3.23. The molecule has 0 aromatic heterocycles. The van der Waals surface area contributed by atoms with E-state index in [1.807, 2.05) is 0 Å². The van der Waals surface area contributed by atoms with E-state index in [0.717, 1.165) is 19.5 Å². The number of fused-ring (bicyclic) bond motifs is 2. The second-order valence-corrected chi connectivity index (χ2v) is 5.67. The van der Waals surface area contributed by atoms with E-state index < -0.39 is 16.4 Å². The van der Waals surface area contributed by atoms with Gasteiger partial charge >= 0.3 is 5.69 Å². The first-order valence-electron chi connectivity index (χ1n) is 7.03. The molecule has 0 radical (unpaired) electrons. The molecule has 2 atom stereocenters. The summed E-state index contributed by atoms with van der Waals surface area (Å²) in [6.45, 7) is 2.24. The van der Waals surface area contributed by atoms with Crippen molar-refractivity contribution in [3.05, 3.63) is 39.7 Å². The van der Waals surface area contributed by atoms with Gasteiger partial charge in [0.1, 0.15) is 0 Å². The zero-order chi connectivity index (χ0) is 14.1. The molecular weight excluding hydrogens is 261 g/mol. The van der Waals surface area contributed by atoms with Crippen LogP contribution < -0.4 is 5.32 Å². The van der Waals surface area contributed by atoms with Gasteiger partial charge in [0.2, 0.25) is 5.82 Å². The third kappa shape index (κ3) is 2.66. The molecule has 2 aliphatic rings. The standard InChI is InChI=1S/C14H18FN3O2/c15-14-10(2-1-3-13(14)18(19)20)8-17-7-6-11-4-5-12(9-17)16-11/h1-3,11-12,16H,4-9H2. The molecule has 0 spiro atoms. The maximum atomic E-state index is 14.1. The quantitative estimate of drug-likeness (QED) is 0.679. The summed E-state index contributed by atoms with van der Waals surface area (Å²) in [6.07, 6.45) is 3.45. The highest BCUT2D eigenvalue weighted by Crippen LogP contribution is 2.24. The van der Waals surface area contributed by atoms with E-state index in [-0.39, 0.29) is 0 Å². The van der Waals surface area contributed by atoms with E-state index in [1.165, 1.54) is 18.9 Å². The SMILES string of the molecule is O=[N+]([O-])c1cccc(CN2CCC3CCC(C2)N3)c1F. The highest BCUT2D eigenvalue weighted by atomic mass is 19.1. The number of nitro groups is 1. The lowest BCUT2D eigenvalue weighted by Crippen LogP contribution is -2.35. The number of nitrogens with zero attached hydrogens (tertiary/aromatic N) is 2. The average molecular weight is 279 g/mol. The summed E-state index contributed by atoms with van der Waals surface area (Å²) in [5.41, 5.74) is -0.0195. The summed E-state index contributed by atoms with van der Waals surface area (Å²) >= 11 is 0. The molecule has 2 heterocycles. The first-order valence-corrected chi connectivity index (χ1v) is 7.03. The largest absolute Gasteiger partial charge is 0.310 e. The first-order chi connectivity index (χ1) is 9.63. The molecular formula is C14H18FN3O2. The third-order valence-corrected chi connectivity index (χ3v) is 4.26. The van der Waals surface area contributed by atoms with Crippen LogP contribution in [0.2, 0.25) is 0 Å². The van der Waals surface area contributed by atoms with Gasteiger partial charge in [-0.15, -0.1) is 0 Å². The molecule has 0 aliphatic carbocycles. The van der Waals surface area contributed by atoms with Crippen LogP contribution in [0.25, 0.3) is 0 Å². The van der Waals surface area contributed by atoms with E-state index in [0.29, 0.717) is 24.2 Å². The van der Waals surface area contributed by atoms with Crippen molar-refractivity contribution in [3.63, 3.8) is 0 Å². The molecule has 108 valence electrons. The van der Waals surface area contributed by atoms with Gasteiger partial charge in [0, 0.05) is 43.3 Å². The van der Waals surface area contributed by atoms with Gasteiger partial charge < -0.3 is 5.32 Å². The zero-order valence-corrected chi connectivity index (χ0v) is 11.2. The molecule has 3 rings (SSSR count). The minimum atomic E-state index is -0.695. The predicted octanol–water partition coefficient (Wildman–Crippen LogP) is 2.06. The van der Waals surface area contributed by atoms with Crippen LogP contribution in [-0.2, 0) is 6.54 Å².